The Kier molecular flexibility index (Phi) is 4.14. The van der Waals surface area contributed by atoms with E-state index < -0.39 is 15.7 Å². The lowest BCUT2D eigenvalue weighted by molar-refractivity contribution is -0.387. The van der Waals surface area contributed by atoms with E-state index in [1.165, 1.54) is 12.1 Å². The molecule has 104 valence electrons. The molecule has 6 heteroatoms. The van der Waals surface area contributed by atoms with E-state index in [9.17, 15) is 14.3 Å². The Morgan fingerprint density at radius 1 is 1.20 bits per heavy atom. The molecule has 2 rings (SSSR count). The van der Waals surface area contributed by atoms with Crippen LogP contribution in [0.2, 0.25) is 0 Å². The van der Waals surface area contributed by atoms with Crippen molar-refractivity contribution in [1.82, 2.24) is 0 Å². The first-order valence-electron chi connectivity index (χ1n) is 5.96. The summed E-state index contributed by atoms with van der Waals surface area (Å²) in [6.45, 7) is 1.85. The Hall–Kier alpha value is -2.21. The lowest BCUT2D eigenvalue weighted by Crippen LogP contribution is -2.03. The molecule has 0 heterocycles. The third-order valence-electron chi connectivity index (χ3n) is 3.08. The van der Waals surface area contributed by atoms with Gasteiger partial charge in [-0.05, 0) is 30.2 Å². The number of para-hydroxylation sites is 1. The van der Waals surface area contributed by atoms with E-state index in [-0.39, 0.29) is 16.3 Å². The van der Waals surface area contributed by atoms with Crippen molar-refractivity contribution in [2.24, 2.45) is 0 Å². The van der Waals surface area contributed by atoms with E-state index in [0.717, 1.165) is 11.1 Å². The van der Waals surface area contributed by atoms with Crippen LogP contribution in [0.5, 0.6) is 0 Å². The largest absolute Gasteiger partial charge is 0.399 e. The van der Waals surface area contributed by atoms with E-state index in [2.05, 4.69) is 0 Å². The quantitative estimate of drug-likeness (QED) is 0.533. The molecule has 0 saturated carbocycles. The third-order valence-corrected chi connectivity index (χ3v) is 4.49. The second-order valence-electron chi connectivity index (χ2n) is 4.35. The predicted octanol–water partition coefficient (Wildman–Crippen LogP) is 2.79. The Balaban J connectivity index is 2.34. The minimum absolute atomic E-state index is 0.118. The fourth-order valence-corrected chi connectivity index (χ4v) is 3.24. The minimum Gasteiger partial charge on any atom is -0.399 e. The second-order valence-corrected chi connectivity index (χ2v) is 5.77. The monoisotopic (exact) mass is 290 g/mol. The van der Waals surface area contributed by atoms with Crippen molar-refractivity contribution < 1.29 is 9.13 Å². The third kappa shape index (κ3) is 2.85. The van der Waals surface area contributed by atoms with Crippen molar-refractivity contribution in [1.29, 1.82) is 0 Å². The van der Waals surface area contributed by atoms with Gasteiger partial charge < -0.3 is 5.73 Å². The van der Waals surface area contributed by atoms with Gasteiger partial charge in [0.25, 0.3) is 5.69 Å². The Bertz CT molecular complexity index is 686. The van der Waals surface area contributed by atoms with Crippen LogP contribution in [-0.4, -0.2) is 9.13 Å². The van der Waals surface area contributed by atoms with Gasteiger partial charge in [0.2, 0.25) is 0 Å². The van der Waals surface area contributed by atoms with E-state index in [0.29, 0.717) is 5.69 Å². The van der Waals surface area contributed by atoms with Crippen LogP contribution in [0.3, 0.4) is 0 Å². The van der Waals surface area contributed by atoms with Crippen molar-refractivity contribution in [2.45, 2.75) is 17.6 Å². The molecule has 1 atom stereocenters. The topological polar surface area (TPSA) is 86.2 Å². The van der Waals surface area contributed by atoms with Crippen molar-refractivity contribution >= 4 is 22.2 Å². The molecular formula is C14H14N2O3S. The number of nitrogens with two attached hydrogens (primary N) is 1. The maximum Gasteiger partial charge on any atom is 0.285 e. The SMILES string of the molecule is Cc1c(N)cccc1CS(=O)c1ccccc1[N+](=O)[O-]. The second kappa shape index (κ2) is 5.83. The van der Waals surface area contributed by atoms with Gasteiger partial charge in [-0.3, -0.25) is 14.3 Å². The highest BCUT2D eigenvalue weighted by atomic mass is 32.2. The first-order valence-corrected chi connectivity index (χ1v) is 7.28. The molecule has 5 nitrogen and oxygen atoms in total. The van der Waals surface area contributed by atoms with Gasteiger partial charge in [-0.2, -0.15) is 0 Å². The van der Waals surface area contributed by atoms with Crippen LogP contribution in [0, 0.1) is 17.0 Å². The van der Waals surface area contributed by atoms with Gasteiger partial charge in [0, 0.05) is 11.8 Å². The highest BCUT2D eigenvalue weighted by molar-refractivity contribution is 7.84. The number of benzene rings is 2. The number of nitro benzene ring substituents is 1. The van der Waals surface area contributed by atoms with Crippen molar-refractivity contribution in [3.63, 3.8) is 0 Å². The summed E-state index contributed by atoms with van der Waals surface area (Å²) < 4.78 is 12.4. The Morgan fingerprint density at radius 3 is 2.60 bits per heavy atom. The first kappa shape index (κ1) is 14.2. The number of hydrogen-bond donors (Lipinski definition) is 1. The van der Waals surface area contributed by atoms with Crippen molar-refractivity contribution in [3.05, 3.63) is 63.7 Å². The van der Waals surface area contributed by atoms with Crippen LogP contribution in [-0.2, 0) is 16.6 Å². The average molecular weight is 290 g/mol. The molecule has 20 heavy (non-hydrogen) atoms. The van der Waals surface area contributed by atoms with Crippen LogP contribution in [0.15, 0.2) is 47.4 Å². The van der Waals surface area contributed by atoms with E-state index in [1.54, 1.807) is 24.3 Å². The lowest BCUT2D eigenvalue weighted by Gasteiger charge is -2.08. The van der Waals surface area contributed by atoms with Crippen LogP contribution < -0.4 is 5.73 Å². The van der Waals surface area contributed by atoms with Crippen LogP contribution in [0.25, 0.3) is 0 Å². The van der Waals surface area contributed by atoms with Gasteiger partial charge >= 0.3 is 0 Å². The average Bonchev–Trinajstić information content (AvgIpc) is 2.43. The summed E-state index contributed by atoms with van der Waals surface area (Å²) in [6.07, 6.45) is 0. The van der Waals surface area contributed by atoms with E-state index in [1.807, 2.05) is 13.0 Å². The lowest BCUT2D eigenvalue weighted by atomic mass is 10.1. The summed E-state index contributed by atoms with van der Waals surface area (Å²) in [5.41, 5.74) is 8.01. The normalized spacial score (nSPS) is 12.1. The fourth-order valence-electron chi connectivity index (χ4n) is 1.88. The predicted molar refractivity (Wildman–Crippen MR) is 78.8 cm³/mol. The number of anilines is 1. The zero-order valence-electron chi connectivity index (χ0n) is 10.9. The summed E-state index contributed by atoms with van der Waals surface area (Å²) in [6, 6.07) is 11.5. The molecule has 0 radical (unpaired) electrons. The van der Waals surface area contributed by atoms with Crippen LogP contribution in [0.1, 0.15) is 11.1 Å². The Morgan fingerprint density at radius 2 is 1.90 bits per heavy atom. The molecule has 0 bridgehead atoms. The van der Waals surface area contributed by atoms with Gasteiger partial charge in [0.05, 0.1) is 21.5 Å². The van der Waals surface area contributed by atoms with Crippen LogP contribution in [0.4, 0.5) is 11.4 Å². The molecule has 1 unspecified atom stereocenters. The van der Waals surface area contributed by atoms with E-state index >= 15 is 0 Å². The molecule has 2 aromatic rings. The number of nitrogen functional groups attached to an aromatic ring is 1. The summed E-state index contributed by atoms with van der Waals surface area (Å²) >= 11 is 0. The molecule has 2 aromatic carbocycles. The standard InChI is InChI=1S/C14H14N2O3S/c1-10-11(5-4-6-12(10)15)9-20(19)14-8-3-2-7-13(14)16(17)18/h2-8H,9,15H2,1H3. The maximum atomic E-state index is 12.4. The van der Waals surface area contributed by atoms with Gasteiger partial charge in [0.1, 0.15) is 4.90 Å². The fraction of sp³-hybridized carbons (Fsp3) is 0.143. The summed E-state index contributed by atoms with van der Waals surface area (Å²) in [5.74, 6) is 0.210. The minimum atomic E-state index is -1.48. The first-order chi connectivity index (χ1) is 9.50. The molecule has 0 aromatic heterocycles. The summed E-state index contributed by atoms with van der Waals surface area (Å²) in [7, 11) is -1.48. The van der Waals surface area contributed by atoms with Gasteiger partial charge in [-0.1, -0.05) is 24.3 Å². The maximum absolute atomic E-state index is 12.4. The molecular weight excluding hydrogens is 276 g/mol. The molecule has 2 N–H and O–H groups in total. The highest BCUT2D eigenvalue weighted by Gasteiger charge is 2.18. The van der Waals surface area contributed by atoms with Crippen LogP contribution >= 0.6 is 0 Å². The molecule has 0 amide bonds. The van der Waals surface area contributed by atoms with Gasteiger partial charge in [-0.15, -0.1) is 0 Å². The number of hydrogen-bond acceptors (Lipinski definition) is 4. The van der Waals surface area contributed by atoms with Crippen molar-refractivity contribution in [2.75, 3.05) is 5.73 Å². The molecule has 0 saturated heterocycles. The molecule has 0 aliphatic heterocycles. The molecule has 0 aliphatic rings. The number of nitro groups is 1. The molecule has 0 aliphatic carbocycles. The highest BCUT2D eigenvalue weighted by Crippen LogP contribution is 2.25. The number of nitrogens with zero attached hydrogens (tertiary/aromatic N) is 1. The summed E-state index contributed by atoms with van der Waals surface area (Å²) in [4.78, 5) is 10.7. The Labute approximate surface area is 119 Å². The van der Waals surface area contributed by atoms with Gasteiger partial charge in [0.15, 0.2) is 0 Å². The molecule has 0 spiro atoms. The van der Waals surface area contributed by atoms with E-state index in [4.69, 9.17) is 5.73 Å². The van der Waals surface area contributed by atoms with Gasteiger partial charge in [-0.25, -0.2) is 0 Å². The zero-order valence-corrected chi connectivity index (χ0v) is 11.7. The van der Waals surface area contributed by atoms with Crippen molar-refractivity contribution in [3.8, 4) is 0 Å². The molecule has 0 fully saturated rings. The smallest absolute Gasteiger partial charge is 0.285 e. The number of rotatable bonds is 4. The zero-order chi connectivity index (χ0) is 14.7. The summed E-state index contributed by atoms with van der Waals surface area (Å²) in [5, 5.41) is 11.0.